The van der Waals surface area contributed by atoms with Gasteiger partial charge < -0.3 is 16.0 Å². The van der Waals surface area contributed by atoms with Crippen molar-refractivity contribution in [3.8, 4) is 0 Å². The van der Waals surface area contributed by atoms with E-state index in [0.29, 0.717) is 31.8 Å². The van der Waals surface area contributed by atoms with Crippen LogP contribution in [0.5, 0.6) is 0 Å². The average molecular weight is 352 g/mol. The molecule has 2 aliphatic rings. The summed E-state index contributed by atoms with van der Waals surface area (Å²) < 4.78 is 0. The first-order valence-corrected chi connectivity index (χ1v) is 8.52. The largest absolute Gasteiger partial charge is 0.369 e. The number of carbonyl (C=O) groups is 2. The Kier molecular flexibility index (Phi) is 6.63. The molecule has 132 valence electrons. The highest BCUT2D eigenvalue weighted by molar-refractivity contribution is 5.96. The molecule has 0 radical (unpaired) electrons. The molecule has 1 aromatic rings. The Hall–Kier alpha value is -1.59. The van der Waals surface area contributed by atoms with Crippen LogP contribution in [-0.4, -0.2) is 42.9 Å². The maximum atomic E-state index is 12.9. The molecule has 0 bridgehead atoms. The summed E-state index contributed by atoms with van der Waals surface area (Å²) in [6, 6.07) is 7.94. The number of piperidine rings is 1. The van der Waals surface area contributed by atoms with Crippen molar-refractivity contribution in [1.82, 2.24) is 10.2 Å². The van der Waals surface area contributed by atoms with Crippen LogP contribution in [0.3, 0.4) is 0 Å². The van der Waals surface area contributed by atoms with Gasteiger partial charge in [-0.3, -0.25) is 9.59 Å². The second-order valence-electron chi connectivity index (χ2n) is 6.69. The number of nitrogens with zero attached hydrogens (tertiary/aromatic N) is 1. The van der Waals surface area contributed by atoms with E-state index in [2.05, 4.69) is 11.4 Å². The van der Waals surface area contributed by atoms with E-state index in [1.807, 2.05) is 23.1 Å². The Labute approximate surface area is 149 Å². The van der Waals surface area contributed by atoms with Gasteiger partial charge in [0.2, 0.25) is 5.91 Å². The van der Waals surface area contributed by atoms with Gasteiger partial charge in [0.25, 0.3) is 5.91 Å². The van der Waals surface area contributed by atoms with Gasteiger partial charge in [-0.05, 0) is 56.3 Å². The van der Waals surface area contributed by atoms with Crippen molar-refractivity contribution in [1.29, 1.82) is 0 Å². The minimum absolute atomic E-state index is 0. The van der Waals surface area contributed by atoms with Gasteiger partial charge in [-0.2, -0.15) is 0 Å². The van der Waals surface area contributed by atoms with Crippen molar-refractivity contribution in [2.75, 3.05) is 26.2 Å². The fourth-order valence-corrected chi connectivity index (χ4v) is 3.64. The minimum Gasteiger partial charge on any atom is -0.369 e. The smallest absolute Gasteiger partial charge is 0.254 e. The van der Waals surface area contributed by atoms with Crippen LogP contribution in [-0.2, 0) is 11.2 Å². The summed E-state index contributed by atoms with van der Waals surface area (Å²) >= 11 is 0. The van der Waals surface area contributed by atoms with E-state index >= 15 is 0 Å². The molecular formula is C18H26ClN3O2. The number of carbonyl (C=O) groups excluding carboxylic acids is 2. The SMILES string of the molecule is Cl.NC(=O)C1CCN(C(=O)c2ccccc2CC2CCNC2)CC1. The first-order valence-electron chi connectivity index (χ1n) is 8.52. The Morgan fingerprint density at radius 2 is 1.88 bits per heavy atom. The fraction of sp³-hybridized carbons (Fsp3) is 0.556. The monoisotopic (exact) mass is 351 g/mol. The first-order chi connectivity index (χ1) is 11.1. The molecule has 6 heteroatoms. The molecule has 5 nitrogen and oxygen atoms in total. The molecule has 1 unspecified atom stereocenters. The lowest BCUT2D eigenvalue weighted by atomic mass is 9.92. The summed E-state index contributed by atoms with van der Waals surface area (Å²) in [5.74, 6) is 0.379. The van der Waals surface area contributed by atoms with Gasteiger partial charge in [0.05, 0.1) is 0 Å². The zero-order valence-electron chi connectivity index (χ0n) is 13.9. The molecule has 0 spiro atoms. The normalized spacial score (nSPS) is 21.3. The molecule has 2 saturated heterocycles. The van der Waals surface area contributed by atoms with Crippen LogP contribution in [0.4, 0.5) is 0 Å². The molecule has 2 fully saturated rings. The predicted molar refractivity (Wildman–Crippen MR) is 96.2 cm³/mol. The van der Waals surface area contributed by atoms with Crippen LogP contribution in [0.2, 0.25) is 0 Å². The van der Waals surface area contributed by atoms with E-state index in [4.69, 9.17) is 5.73 Å². The Morgan fingerprint density at radius 1 is 1.17 bits per heavy atom. The molecule has 0 saturated carbocycles. The molecule has 0 aromatic heterocycles. The third-order valence-corrected chi connectivity index (χ3v) is 5.10. The summed E-state index contributed by atoms with van der Waals surface area (Å²) in [7, 11) is 0. The van der Waals surface area contributed by atoms with E-state index in [0.717, 1.165) is 30.6 Å². The maximum Gasteiger partial charge on any atom is 0.254 e. The van der Waals surface area contributed by atoms with E-state index in [-0.39, 0.29) is 30.1 Å². The number of benzene rings is 1. The van der Waals surface area contributed by atoms with Gasteiger partial charge in [0, 0.05) is 24.6 Å². The van der Waals surface area contributed by atoms with Crippen molar-refractivity contribution in [3.63, 3.8) is 0 Å². The van der Waals surface area contributed by atoms with Crippen LogP contribution in [0.15, 0.2) is 24.3 Å². The molecule has 3 N–H and O–H groups in total. The summed E-state index contributed by atoms with van der Waals surface area (Å²) in [6.45, 7) is 3.34. The van der Waals surface area contributed by atoms with E-state index < -0.39 is 0 Å². The maximum absolute atomic E-state index is 12.9. The van der Waals surface area contributed by atoms with Crippen LogP contribution in [0.25, 0.3) is 0 Å². The Balaban J connectivity index is 0.00000208. The van der Waals surface area contributed by atoms with E-state index in [9.17, 15) is 9.59 Å². The number of rotatable bonds is 4. The van der Waals surface area contributed by atoms with Crippen molar-refractivity contribution in [2.24, 2.45) is 17.6 Å². The van der Waals surface area contributed by atoms with Gasteiger partial charge in [-0.1, -0.05) is 18.2 Å². The van der Waals surface area contributed by atoms with Crippen molar-refractivity contribution in [2.45, 2.75) is 25.7 Å². The highest BCUT2D eigenvalue weighted by Gasteiger charge is 2.27. The summed E-state index contributed by atoms with van der Waals surface area (Å²) in [4.78, 5) is 26.0. The zero-order valence-corrected chi connectivity index (χ0v) is 14.7. The highest BCUT2D eigenvalue weighted by atomic mass is 35.5. The number of nitrogens with one attached hydrogen (secondary N) is 1. The number of hydrogen-bond acceptors (Lipinski definition) is 3. The molecule has 2 heterocycles. The minimum atomic E-state index is -0.244. The molecule has 1 atom stereocenters. The van der Waals surface area contributed by atoms with E-state index in [1.165, 1.54) is 6.42 Å². The standard InChI is InChI=1S/C18H25N3O2.ClH/c19-17(22)14-6-9-21(10-7-14)18(23)16-4-2-1-3-15(16)11-13-5-8-20-12-13;/h1-4,13-14,20H,5-12H2,(H2,19,22);1H. The predicted octanol–water partition coefficient (Wildman–Crippen LogP) is 1.60. The van der Waals surface area contributed by atoms with Gasteiger partial charge in [0.1, 0.15) is 0 Å². The summed E-state index contributed by atoms with van der Waals surface area (Å²) in [5.41, 5.74) is 7.33. The molecule has 24 heavy (non-hydrogen) atoms. The Morgan fingerprint density at radius 3 is 2.50 bits per heavy atom. The Bertz CT molecular complexity index is 579. The van der Waals surface area contributed by atoms with Gasteiger partial charge >= 0.3 is 0 Å². The van der Waals surface area contributed by atoms with Crippen molar-refractivity contribution >= 4 is 24.2 Å². The lowest BCUT2D eigenvalue weighted by molar-refractivity contribution is -0.123. The molecule has 3 rings (SSSR count). The molecule has 2 aliphatic heterocycles. The molecule has 0 aliphatic carbocycles. The number of likely N-dealkylation sites (tertiary alicyclic amines) is 1. The van der Waals surface area contributed by atoms with Gasteiger partial charge in [0.15, 0.2) is 0 Å². The van der Waals surface area contributed by atoms with Crippen LogP contribution >= 0.6 is 12.4 Å². The second-order valence-corrected chi connectivity index (χ2v) is 6.69. The number of halogens is 1. The fourth-order valence-electron chi connectivity index (χ4n) is 3.64. The number of primary amides is 1. The van der Waals surface area contributed by atoms with Crippen molar-refractivity contribution in [3.05, 3.63) is 35.4 Å². The molecule has 2 amide bonds. The van der Waals surface area contributed by atoms with Crippen LogP contribution in [0.1, 0.15) is 35.2 Å². The van der Waals surface area contributed by atoms with Crippen LogP contribution < -0.4 is 11.1 Å². The summed E-state index contributed by atoms with van der Waals surface area (Å²) in [5, 5.41) is 3.38. The second kappa shape index (κ2) is 8.49. The van der Waals surface area contributed by atoms with Gasteiger partial charge in [-0.25, -0.2) is 0 Å². The summed E-state index contributed by atoms with van der Waals surface area (Å²) in [6.07, 6.45) is 3.48. The van der Waals surface area contributed by atoms with Gasteiger partial charge in [-0.15, -0.1) is 12.4 Å². The third-order valence-electron chi connectivity index (χ3n) is 5.10. The number of hydrogen-bond donors (Lipinski definition) is 2. The van der Waals surface area contributed by atoms with Crippen molar-refractivity contribution < 1.29 is 9.59 Å². The molecule has 1 aromatic carbocycles. The lowest BCUT2D eigenvalue weighted by Crippen LogP contribution is -2.42. The lowest BCUT2D eigenvalue weighted by Gasteiger charge is -2.31. The molecular weight excluding hydrogens is 326 g/mol. The quantitative estimate of drug-likeness (QED) is 0.865. The zero-order chi connectivity index (χ0) is 16.2. The number of nitrogens with two attached hydrogens (primary N) is 1. The topological polar surface area (TPSA) is 75.4 Å². The average Bonchev–Trinajstić information content (AvgIpc) is 3.08. The number of amides is 2. The van der Waals surface area contributed by atoms with E-state index in [1.54, 1.807) is 0 Å². The first kappa shape index (κ1) is 18.7. The third kappa shape index (κ3) is 4.28. The van der Waals surface area contributed by atoms with Crippen LogP contribution in [0, 0.1) is 11.8 Å². The highest BCUT2D eigenvalue weighted by Crippen LogP contribution is 2.23.